The van der Waals surface area contributed by atoms with Crippen LogP contribution in [0.5, 0.6) is 0 Å². The van der Waals surface area contributed by atoms with Crippen LogP contribution in [0, 0.1) is 5.41 Å². The Morgan fingerprint density at radius 2 is 1.81 bits per heavy atom. The van der Waals surface area contributed by atoms with Gasteiger partial charge in [0.25, 0.3) is 0 Å². The van der Waals surface area contributed by atoms with Crippen LogP contribution in [0.2, 0.25) is 0 Å². The van der Waals surface area contributed by atoms with E-state index in [9.17, 15) is 9.90 Å². The third-order valence-corrected chi connectivity index (χ3v) is 4.15. The van der Waals surface area contributed by atoms with Crippen LogP contribution in [0.1, 0.15) is 32.6 Å². The Labute approximate surface area is 101 Å². The number of nitrogens with zero attached hydrogens (tertiary/aromatic N) is 1. The van der Waals surface area contributed by atoms with E-state index in [1.54, 1.807) is 4.90 Å². The van der Waals surface area contributed by atoms with Gasteiger partial charge in [-0.1, -0.05) is 12.2 Å². The smallest absolute Gasteiger partial charge is 0.235 e. The highest BCUT2D eigenvalue weighted by Crippen LogP contribution is 2.48. The number of aliphatic hydroxyl groups is 1. The zero-order valence-electron chi connectivity index (χ0n) is 9.53. The number of piperidine rings is 1. The van der Waals surface area contributed by atoms with E-state index in [-0.39, 0.29) is 5.91 Å². The summed E-state index contributed by atoms with van der Waals surface area (Å²) in [6.45, 7) is 3.03. The number of amides is 1. The van der Waals surface area contributed by atoms with Crippen LogP contribution in [0.3, 0.4) is 0 Å². The molecular weight excluding hydrogens is 224 g/mol. The van der Waals surface area contributed by atoms with E-state index >= 15 is 0 Å². The first-order valence-corrected chi connectivity index (χ1v) is 6.10. The molecule has 2 aliphatic rings. The maximum absolute atomic E-state index is 12.2. The fraction of sp³-hybridized carbons (Fsp3) is 0.818. The highest BCUT2D eigenvalue weighted by atomic mass is 32.1. The van der Waals surface area contributed by atoms with Gasteiger partial charge in [0.2, 0.25) is 5.91 Å². The lowest BCUT2D eigenvalue weighted by molar-refractivity contribution is -0.138. The number of hydrogen-bond donors (Lipinski definition) is 2. The van der Waals surface area contributed by atoms with Gasteiger partial charge in [0.15, 0.2) is 0 Å². The van der Waals surface area contributed by atoms with E-state index in [4.69, 9.17) is 18.0 Å². The molecule has 0 spiro atoms. The van der Waals surface area contributed by atoms with Crippen molar-refractivity contribution in [3.05, 3.63) is 0 Å². The molecule has 4 nitrogen and oxygen atoms in total. The maximum atomic E-state index is 12.2. The lowest BCUT2D eigenvalue weighted by Crippen LogP contribution is -2.49. The number of hydrogen-bond acceptors (Lipinski definition) is 3. The molecule has 0 aromatic rings. The SMILES string of the molecule is CC1(O)CCN(C(=O)C2(C(N)=S)CC2)CC1. The Morgan fingerprint density at radius 1 is 1.31 bits per heavy atom. The fourth-order valence-corrected chi connectivity index (χ4v) is 2.48. The Hall–Kier alpha value is -0.680. The van der Waals surface area contributed by atoms with Crippen LogP contribution >= 0.6 is 12.2 Å². The number of rotatable bonds is 2. The number of carbonyl (C=O) groups is 1. The summed E-state index contributed by atoms with van der Waals surface area (Å²) in [5.41, 5.74) is 4.46. The minimum atomic E-state index is -0.628. The summed E-state index contributed by atoms with van der Waals surface area (Å²) in [6, 6.07) is 0. The van der Waals surface area contributed by atoms with E-state index in [0.29, 0.717) is 30.9 Å². The average Bonchev–Trinajstić information content (AvgIpc) is 2.97. The Kier molecular flexibility index (Phi) is 2.70. The van der Waals surface area contributed by atoms with Gasteiger partial charge in [0.05, 0.1) is 16.0 Å². The summed E-state index contributed by atoms with van der Waals surface area (Å²) in [5, 5.41) is 9.81. The van der Waals surface area contributed by atoms with Crippen molar-refractivity contribution in [2.45, 2.75) is 38.2 Å². The Morgan fingerprint density at radius 3 is 2.19 bits per heavy atom. The maximum Gasteiger partial charge on any atom is 0.235 e. The molecule has 1 saturated carbocycles. The largest absolute Gasteiger partial charge is 0.392 e. The van der Waals surface area contributed by atoms with E-state index in [1.807, 2.05) is 6.92 Å². The number of thiocarbonyl (C=S) groups is 1. The van der Waals surface area contributed by atoms with Crippen LogP contribution in [0.15, 0.2) is 0 Å². The predicted octanol–water partition coefficient (Wildman–Crippen LogP) is 0.426. The van der Waals surface area contributed by atoms with Gasteiger partial charge in [-0.3, -0.25) is 4.79 Å². The summed E-state index contributed by atoms with van der Waals surface area (Å²) in [5.74, 6) is 0.0653. The van der Waals surface area contributed by atoms with Gasteiger partial charge in [0, 0.05) is 13.1 Å². The summed E-state index contributed by atoms with van der Waals surface area (Å²) < 4.78 is 0. The van der Waals surface area contributed by atoms with Crippen molar-refractivity contribution in [2.75, 3.05) is 13.1 Å². The van der Waals surface area contributed by atoms with E-state index in [2.05, 4.69) is 0 Å². The van der Waals surface area contributed by atoms with E-state index in [1.165, 1.54) is 0 Å². The van der Waals surface area contributed by atoms with Crippen LogP contribution in [0.4, 0.5) is 0 Å². The molecule has 1 aliphatic carbocycles. The molecule has 0 aromatic heterocycles. The molecule has 0 radical (unpaired) electrons. The van der Waals surface area contributed by atoms with Gasteiger partial charge < -0.3 is 15.7 Å². The van der Waals surface area contributed by atoms with Crippen molar-refractivity contribution >= 4 is 23.1 Å². The van der Waals surface area contributed by atoms with Gasteiger partial charge in [-0.15, -0.1) is 0 Å². The van der Waals surface area contributed by atoms with Crippen molar-refractivity contribution < 1.29 is 9.90 Å². The van der Waals surface area contributed by atoms with Crippen molar-refractivity contribution in [3.63, 3.8) is 0 Å². The van der Waals surface area contributed by atoms with Gasteiger partial charge >= 0.3 is 0 Å². The van der Waals surface area contributed by atoms with E-state index < -0.39 is 11.0 Å². The summed E-state index contributed by atoms with van der Waals surface area (Å²) in [7, 11) is 0. The number of likely N-dealkylation sites (tertiary alicyclic amines) is 1. The molecule has 5 heteroatoms. The molecular formula is C11H18N2O2S. The minimum Gasteiger partial charge on any atom is -0.392 e. The topological polar surface area (TPSA) is 66.6 Å². The molecule has 0 bridgehead atoms. The molecule has 1 heterocycles. The Bertz CT molecular complexity index is 327. The third-order valence-electron chi connectivity index (χ3n) is 3.76. The highest BCUT2D eigenvalue weighted by Gasteiger charge is 2.54. The molecule has 0 aromatic carbocycles. The zero-order valence-corrected chi connectivity index (χ0v) is 10.3. The van der Waals surface area contributed by atoms with Crippen LogP contribution in [0.25, 0.3) is 0 Å². The van der Waals surface area contributed by atoms with Crippen molar-refractivity contribution in [3.8, 4) is 0 Å². The molecule has 3 N–H and O–H groups in total. The second-order valence-corrected chi connectivity index (χ2v) is 5.68. The molecule has 2 rings (SSSR count). The van der Waals surface area contributed by atoms with Crippen LogP contribution in [-0.4, -0.2) is 39.6 Å². The summed E-state index contributed by atoms with van der Waals surface area (Å²) >= 11 is 4.97. The first-order valence-electron chi connectivity index (χ1n) is 5.69. The molecule has 2 fully saturated rings. The second-order valence-electron chi connectivity index (χ2n) is 5.24. The Balaban J connectivity index is 2.00. The molecule has 0 unspecified atom stereocenters. The lowest BCUT2D eigenvalue weighted by Gasteiger charge is -2.37. The normalized spacial score (nSPS) is 26.2. The molecule has 1 aliphatic heterocycles. The van der Waals surface area contributed by atoms with Gasteiger partial charge in [-0.25, -0.2) is 0 Å². The quantitative estimate of drug-likeness (QED) is 0.689. The molecule has 1 saturated heterocycles. The van der Waals surface area contributed by atoms with Gasteiger partial charge in [0.1, 0.15) is 0 Å². The van der Waals surface area contributed by atoms with Crippen LogP contribution < -0.4 is 5.73 Å². The minimum absolute atomic E-state index is 0.0653. The molecule has 90 valence electrons. The van der Waals surface area contributed by atoms with Crippen molar-refractivity contribution in [1.29, 1.82) is 0 Å². The molecule has 0 atom stereocenters. The third kappa shape index (κ3) is 1.94. The first-order chi connectivity index (χ1) is 7.37. The predicted molar refractivity (Wildman–Crippen MR) is 64.9 cm³/mol. The van der Waals surface area contributed by atoms with Crippen molar-refractivity contribution in [2.24, 2.45) is 11.1 Å². The van der Waals surface area contributed by atoms with Gasteiger partial charge in [-0.05, 0) is 32.6 Å². The molecule has 1 amide bonds. The van der Waals surface area contributed by atoms with Crippen LogP contribution in [-0.2, 0) is 4.79 Å². The fourth-order valence-electron chi connectivity index (χ4n) is 2.18. The second kappa shape index (κ2) is 3.67. The molecule has 16 heavy (non-hydrogen) atoms. The summed E-state index contributed by atoms with van der Waals surface area (Å²) in [6.07, 6.45) is 2.83. The monoisotopic (exact) mass is 242 g/mol. The highest BCUT2D eigenvalue weighted by molar-refractivity contribution is 7.80. The van der Waals surface area contributed by atoms with Gasteiger partial charge in [-0.2, -0.15) is 0 Å². The summed E-state index contributed by atoms with van der Waals surface area (Å²) in [4.78, 5) is 14.3. The zero-order chi connectivity index (χ0) is 12.0. The van der Waals surface area contributed by atoms with Crippen molar-refractivity contribution in [1.82, 2.24) is 4.90 Å². The number of nitrogens with two attached hydrogens (primary N) is 1. The lowest BCUT2D eigenvalue weighted by atomic mass is 9.92. The standard InChI is InChI=1S/C11H18N2O2S/c1-10(15)4-6-13(7-5-10)9(14)11(2-3-11)8(12)16/h15H,2-7H2,1H3,(H2,12,16). The van der Waals surface area contributed by atoms with E-state index in [0.717, 1.165) is 12.8 Å². The number of carbonyl (C=O) groups excluding carboxylic acids is 1. The first kappa shape index (κ1) is 11.8. The average molecular weight is 242 g/mol.